The molecule has 3 heterocycles. The number of imidazole rings is 1. The van der Waals surface area contributed by atoms with Crippen molar-refractivity contribution < 1.29 is 4.79 Å². The summed E-state index contributed by atoms with van der Waals surface area (Å²) in [5.41, 5.74) is 4.00. The Morgan fingerprint density at radius 2 is 1.69 bits per heavy atom. The van der Waals surface area contributed by atoms with Gasteiger partial charge in [-0.15, -0.1) is 11.3 Å². The topological polar surface area (TPSA) is 41.4 Å². The van der Waals surface area contributed by atoms with Crippen LogP contribution in [0, 0.1) is 11.8 Å². The van der Waals surface area contributed by atoms with Gasteiger partial charge in [-0.2, -0.15) is 0 Å². The molecule has 1 saturated heterocycles. The van der Waals surface area contributed by atoms with Gasteiger partial charge < -0.3 is 14.4 Å². The molecule has 0 bridgehead atoms. The standard InChI is InChI=1S/C33H44N4OS/c1-24(2)14-20-36(21-15-25(3)4)33(38)26-12-13-29-30(22-26)37(19-9-18-35-16-7-8-17-35)32(34-29)28-23-39-31-11-6-5-10-27(28)31/h5-6,10-13,22-25H,7-9,14-21H2,1-4H3. The van der Waals surface area contributed by atoms with E-state index in [9.17, 15) is 4.79 Å². The number of aromatic nitrogens is 2. The van der Waals surface area contributed by atoms with Crippen LogP contribution in [-0.2, 0) is 6.54 Å². The SMILES string of the molecule is CC(C)CCN(CCC(C)C)C(=O)c1ccc2nc(-c3csc4ccccc34)n(CCCN3CCCC3)c2c1. The Labute approximate surface area is 237 Å². The van der Waals surface area contributed by atoms with Gasteiger partial charge in [0.05, 0.1) is 11.0 Å². The molecule has 0 radical (unpaired) electrons. The van der Waals surface area contributed by atoms with Gasteiger partial charge in [0.25, 0.3) is 5.91 Å². The van der Waals surface area contributed by atoms with Gasteiger partial charge in [-0.05, 0) is 87.8 Å². The largest absolute Gasteiger partial charge is 0.339 e. The van der Waals surface area contributed by atoms with E-state index < -0.39 is 0 Å². The van der Waals surface area contributed by atoms with Crippen LogP contribution in [-0.4, -0.2) is 58.0 Å². The van der Waals surface area contributed by atoms with E-state index >= 15 is 0 Å². The molecule has 0 spiro atoms. The molecule has 1 aliphatic rings. The molecule has 2 aromatic carbocycles. The van der Waals surface area contributed by atoms with Crippen LogP contribution in [0.5, 0.6) is 0 Å². The van der Waals surface area contributed by atoms with E-state index in [-0.39, 0.29) is 5.91 Å². The van der Waals surface area contributed by atoms with Crippen LogP contribution < -0.4 is 0 Å². The molecular weight excluding hydrogens is 500 g/mol. The van der Waals surface area contributed by atoms with Crippen LogP contribution >= 0.6 is 11.3 Å². The lowest BCUT2D eigenvalue weighted by Crippen LogP contribution is -2.34. The molecule has 0 aliphatic carbocycles. The monoisotopic (exact) mass is 544 g/mol. The van der Waals surface area contributed by atoms with E-state index in [2.05, 4.69) is 83.8 Å². The summed E-state index contributed by atoms with van der Waals surface area (Å²) < 4.78 is 3.66. The normalized spacial score (nSPS) is 14.4. The van der Waals surface area contributed by atoms with Gasteiger partial charge in [0.15, 0.2) is 0 Å². The Hall–Kier alpha value is -2.70. The summed E-state index contributed by atoms with van der Waals surface area (Å²) in [4.78, 5) is 23.6. The summed E-state index contributed by atoms with van der Waals surface area (Å²) in [6, 6.07) is 14.7. The third kappa shape index (κ3) is 6.55. The van der Waals surface area contributed by atoms with E-state index in [1.165, 1.54) is 41.6 Å². The quantitative estimate of drug-likeness (QED) is 0.182. The first kappa shape index (κ1) is 27.9. The number of carbonyl (C=O) groups excluding carboxylic acids is 1. The molecule has 4 aromatic rings. The van der Waals surface area contributed by atoms with E-state index in [0.717, 1.165) is 67.9 Å². The number of likely N-dealkylation sites (tertiary alicyclic amines) is 1. The van der Waals surface area contributed by atoms with Crippen LogP contribution in [0.15, 0.2) is 47.8 Å². The number of aryl methyl sites for hydroxylation is 1. The molecule has 0 unspecified atom stereocenters. The van der Waals surface area contributed by atoms with Crippen LogP contribution in [0.25, 0.3) is 32.5 Å². The van der Waals surface area contributed by atoms with Crippen molar-refractivity contribution in [3.63, 3.8) is 0 Å². The van der Waals surface area contributed by atoms with E-state index in [1.54, 1.807) is 11.3 Å². The van der Waals surface area contributed by atoms with E-state index in [4.69, 9.17) is 4.98 Å². The van der Waals surface area contributed by atoms with Crippen molar-refractivity contribution in [2.75, 3.05) is 32.7 Å². The van der Waals surface area contributed by atoms with Gasteiger partial charge in [-0.3, -0.25) is 4.79 Å². The Bertz CT molecular complexity index is 1380. The molecule has 1 aliphatic heterocycles. The molecule has 5 nitrogen and oxygen atoms in total. The molecule has 208 valence electrons. The number of thiophene rings is 1. The lowest BCUT2D eigenvalue weighted by Gasteiger charge is -2.25. The molecular formula is C33H44N4OS. The molecule has 2 aromatic heterocycles. The summed E-state index contributed by atoms with van der Waals surface area (Å²) in [5, 5.41) is 3.50. The van der Waals surface area contributed by atoms with Crippen LogP contribution in [0.2, 0.25) is 0 Å². The molecule has 1 amide bonds. The Morgan fingerprint density at radius 3 is 2.41 bits per heavy atom. The van der Waals surface area contributed by atoms with Crippen molar-refractivity contribution in [1.29, 1.82) is 0 Å². The van der Waals surface area contributed by atoms with E-state index in [0.29, 0.717) is 11.8 Å². The van der Waals surface area contributed by atoms with Crippen LogP contribution in [0.3, 0.4) is 0 Å². The Morgan fingerprint density at radius 1 is 0.974 bits per heavy atom. The second-order valence-corrected chi connectivity index (χ2v) is 12.9. The third-order valence-electron chi connectivity index (χ3n) is 8.01. The highest BCUT2D eigenvalue weighted by Gasteiger charge is 2.21. The zero-order chi connectivity index (χ0) is 27.4. The van der Waals surface area contributed by atoms with Crippen LogP contribution in [0.4, 0.5) is 0 Å². The first-order valence-corrected chi connectivity index (χ1v) is 15.8. The second-order valence-electron chi connectivity index (χ2n) is 12.0. The highest BCUT2D eigenvalue weighted by atomic mass is 32.1. The fourth-order valence-electron chi connectivity index (χ4n) is 5.62. The maximum absolute atomic E-state index is 13.8. The molecule has 1 fully saturated rings. The summed E-state index contributed by atoms with van der Waals surface area (Å²) in [6.45, 7) is 15.0. The average Bonchev–Trinajstić information content (AvgIpc) is 3.67. The summed E-state index contributed by atoms with van der Waals surface area (Å²) in [6.07, 6.45) is 5.75. The van der Waals surface area contributed by atoms with Crippen molar-refractivity contribution >= 4 is 38.4 Å². The van der Waals surface area contributed by atoms with Crippen LogP contribution in [0.1, 0.15) is 70.2 Å². The van der Waals surface area contributed by atoms with Gasteiger partial charge in [0, 0.05) is 46.2 Å². The molecule has 39 heavy (non-hydrogen) atoms. The van der Waals surface area contributed by atoms with E-state index in [1.807, 2.05) is 6.07 Å². The number of hydrogen-bond donors (Lipinski definition) is 0. The van der Waals surface area contributed by atoms with Crippen molar-refractivity contribution in [3.8, 4) is 11.4 Å². The summed E-state index contributed by atoms with van der Waals surface area (Å²) in [5.74, 6) is 2.30. The Balaban J connectivity index is 1.50. The number of hydrogen-bond acceptors (Lipinski definition) is 4. The predicted molar refractivity (Wildman–Crippen MR) is 166 cm³/mol. The predicted octanol–water partition coefficient (Wildman–Crippen LogP) is 7.94. The minimum absolute atomic E-state index is 0.144. The number of amides is 1. The number of rotatable bonds is 12. The number of nitrogens with zero attached hydrogens (tertiary/aromatic N) is 4. The van der Waals surface area contributed by atoms with Crippen molar-refractivity contribution in [3.05, 3.63) is 53.4 Å². The summed E-state index contributed by atoms with van der Waals surface area (Å²) >= 11 is 1.78. The lowest BCUT2D eigenvalue weighted by molar-refractivity contribution is 0.0741. The highest BCUT2D eigenvalue weighted by molar-refractivity contribution is 7.17. The van der Waals surface area contributed by atoms with Gasteiger partial charge in [-0.1, -0.05) is 45.9 Å². The average molecular weight is 545 g/mol. The zero-order valence-corrected chi connectivity index (χ0v) is 25.0. The summed E-state index contributed by atoms with van der Waals surface area (Å²) in [7, 11) is 0. The molecule has 6 heteroatoms. The minimum atomic E-state index is 0.144. The maximum Gasteiger partial charge on any atom is 0.253 e. The first-order valence-electron chi connectivity index (χ1n) is 14.9. The fraction of sp³-hybridized carbons (Fsp3) is 0.515. The number of fused-ring (bicyclic) bond motifs is 2. The fourth-order valence-corrected chi connectivity index (χ4v) is 6.56. The molecule has 0 N–H and O–H groups in total. The zero-order valence-electron chi connectivity index (χ0n) is 24.2. The van der Waals surface area contributed by atoms with Gasteiger partial charge in [0.1, 0.15) is 5.82 Å². The van der Waals surface area contributed by atoms with Crippen molar-refractivity contribution in [2.24, 2.45) is 11.8 Å². The molecule has 5 rings (SSSR count). The number of carbonyl (C=O) groups is 1. The van der Waals surface area contributed by atoms with Gasteiger partial charge in [-0.25, -0.2) is 4.98 Å². The smallest absolute Gasteiger partial charge is 0.253 e. The highest BCUT2D eigenvalue weighted by Crippen LogP contribution is 2.35. The van der Waals surface area contributed by atoms with Crippen molar-refractivity contribution in [1.82, 2.24) is 19.4 Å². The van der Waals surface area contributed by atoms with Gasteiger partial charge >= 0.3 is 0 Å². The lowest BCUT2D eigenvalue weighted by atomic mass is 10.1. The molecule has 0 atom stereocenters. The Kier molecular flexibility index (Phi) is 9.03. The first-order chi connectivity index (χ1) is 18.9. The van der Waals surface area contributed by atoms with Gasteiger partial charge in [0.2, 0.25) is 0 Å². The maximum atomic E-state index is 13.8. The van der Waals surface area contributed by atoms with Crippen molar-refractivity contribution in [2.45, 2.75) is 66.3 Å². The molecule has 0 saturated carbocycles. The minimum Gasteiger partial charge on any atom is -0.339 e. The second kappa shape index (κ2) is 12.6. The number of benzene rings is 2. The third-order valence-corrected chi connectivity index (χ3v) is 8.98.